The standard InChI is InChI=1S/C23H27N3O3S/c27-20(26-21(19-12-7-15-30-19)18-10-5-2-6-11-18)16-25-23(29)22(28)24-14-13-17-8-3-1-4-9-17/h2,5-8,10-12,15,21H,1,3-4,9,13-14,16H2,(H,24,28)(H,25,29)(H,26,27). The van der Waals surface area contributed by atoms with Gasteiger partial charge in [0.25, 0.3) is 0 Å². The molecule has 0 saturated heterocycles. The lowest BCUT2D eigenvalue weighted by Gasteiger charge is -2.18. The van der Waals surface area contributed by atoms with Gasteiger partial charge in [0.1, 0.15) is 0 Å². The summed E-state index contributed by atoms with van der Waals surface area (Å²) in [5.41, 5.74) is 2.29. The maximum Gasteiger partial charge on any atom is 0.309 e. The van der Waals surface area contributed by atoms with Crippen molar-refractivity contribution in [2.45, 2.75) is 38.1 Å². The number of benzene rings is 1. The normalized spacial score (nSPS) is 14.3. The highest BCUT2D eigenvalue weighted by molar-refractivity contribution is 7.10. The number of allylic oxidation sites excluding steroid dienone is 1. The predicted molar refractivity (Wildman–Crippen MR) is 118 cm³/mol. The van der Waals surface area contributed by atoms with Gasteiger partial charge in [0.2, 0.25) is 5.91 Å². The zero-order valence-electron chi connectivity index (χ0n) is 16.9. The first-order valence-electron chi connectivity index (χ1n) is 10.2. The molecule has 0 radical (unpaired) electrons. The van der Waals surface area contributed by atoms with E-state index >= 15 is 0 Å². The number of hydrogen-bond acceptors (Lipinski definition) is 4. The van der Waals surface area contributed by atoms with Gasteiger partial charge >= 0.3 is 11.8 Å². The molecule has 0 spiro atoms. The summed E-state index contributed by atoms with van der Waals surface area (Å²) in [5, 5.41) is 9.90. The van der Waals surface area contributed by atoms with Crippen molar-refractivity contribution in [1.29, 1.82) is 0 Å². The minimum Gasteiger partial charge on any atom is -0.348 e. The van der Waals surface area contributed by atoms with Crippen molar-refractivity contribution in [2.24, 2.45) is 0 Å². The molecule has 30 heavy (non-hydrogen) atoms. The van der Waals surface area contributed by atoms with Crippen molar-refractivity contribution in [1.82, 2.24) is 16.0 Å². The van der Waals surface area contributed by atoms with Gasteiger partial charge in [-0.25, -0.2) is 0 Å². The SMILES string of the molecule is O=C(CNC(=O)C(=O)NCCC1=CCCCC1)NC(c1ccccc1)c1cccs1. The summed E-state index contributed by atoms with van der Waals surface area (Å²) in [6, 6.07) is 13.2. The van der Waals surface area contributed by atoms with Gasteiger partial charge in [-0.2, -0.15) is 0 Å². The summed E-state index contributed by atoms with van der Waals surface area (Å²) < 4.78 is 0. The van der Waals surface area contributed by atoms with Crippen LogP contribution < -0.4 is 16.0 Å². The summed E-state index contributed by atoms with van der Waals surface area (Å²) >= 11 is 1.55. The average molecular weight is 426 g/mol. The fraction of sp³-hybridized carbons (Fsp3) is 0.348. The van der Waals surface area contributed by atoms with Crippen LogP contribution in [-0.4, -0.2) is 30.8 Å². The molecule has 1 aromatic heterocycles. The molecule has 1 aliphatic carbocycles. The Kier molecular flexibility index (Phi) is 8.20. The summed E-state index contributed by atoms with van der Waals surface area (Å²) in [5.74, 6) is -1.86. The zero-order chi connectivity index (χ0) is 21.2. The van der Waals surface area contributed by atoms with E-state index in [2.05, 4.69) is 22.0 Å². The van der Waals surface area contributed by atoms with Crippen LogP contribution in [0.25, 0.3) is 0 Å². The van der Waals surface area contributed by atoms with Gasteiger partial charge in [-0.05, 0) is 49.1 Å². The van der Waals surface area contributed by atoms with E-state index in [1.54, 1.807) is 11.3 Å². The summed E-state index contributed by atoms with van der Waals surface area (Å²) in [7, 11) is 0. The van der Waals surface area contributed by atoms with Crippen molar-refractivity contribution in [3.8, 4) is 0 Å². The molecule has 0 saturated carbocycles. The lowest BCUT2D eigenvalue weighted by atomic mass is 9.97. The van der Waals surface area contributed by atoms with Crippen LogP contribution in [0.3, 0.4) is 0 Å². The number of thiophene rings is 1. The number of carbonyl (C=O) groups is 3. The first-order valence-corrected chi connectivity index (χ1v) is 11.1. The molecule has 7 heteroatoms. The molecule has 0 aliphatic heterocycles. The van der Waals surface area contributed by atoms with Gasteiger partial charge in [0.05, 0.1) is 12.6 Å². The van der Waals surface area contributed by atoms with Crippen LogP contribution in [0.15, 0.2) is 59.5 Å². The van der Waals surface area contributed by atoms with Gasteiger partial charge < -0.3 is 16.0 Å². The Morgan fingerprint density at radius 3 is 2.47 bits per heavy atom. The molecule has 6 nitrogen and oxygen atoms in total. The Bertz CT molecular complexity index is 878. The average Bonchev–Trinajstić information content (AvgIpc) is 3.31. The molecule has 1 unspecified atom stereocenters. The van der Waals surface area contributed by atoms with Crippen LogP contribution in [0.5, 0.6) is 0 Å². The minimum absolute atomic E-state index is 0.258. The van der Waals surface area contributed by atoms with E-state index in [9.17, 15) is 14.4 Å². The first kappa shape index (κ1) is 21.8. The summed E-state index contributed by atoms with van der Waals surface area (Å²) in [4.78, 5) is 37.4. The van der Waals surface area contributed by atoms with Crippen molar-refractivity contribution >= 4 is 29.1 Å². The molecule has 3 rings (SSSR count). The quantitative estimate of drug-likeness (QED) is 0.449. The molecule has 1 aliphatic rings. The van der Waals surface area contributed by atoms with Gasteiger partial charge in [-0.1, -0.05) is 48.0 Å². The molecule has 0 fully saturated rings. The van der Waals surface area contributed by atoms with Gasteiger partial charge in [-0.3, -0.25) is 14.4 Å². The van der Waals surface area contributed by atoms with Gasteiger partial charge in [0, 0.05) is 11.4 Å². The Balaban J connectivity index is 1.45. The highest BCUT2D eigenvalue weighted by Gasteiger charge is 2.19. The zero-order valence-corrected chi connectivity index (χ0v) is 17.7. The first-order chi connectivity index (χ1) is 14.6. The van der Waals surface area contributed by atoms with Crippen molar-refractivity contribution < 1.29 is 14.4 Å². The number of hydrogen-bond donors (Lipinski definition) is 3. The number of nitrogens with one attached hydrogen (secondary N) is 3. The van der Waals surface area contributed by atoms with E-state index in [0.717, 1.165) is 29.7 Å². The van der Waals surface area contributed by atoms with Gasteiger partial charge in [0.15, 0.2) is 0 Å². The molecule has 1 aromatic carbocycles. The fourth-order valence-electron chi connectivity index (χ4n) is 3.42. The molecule has 3 amide bonds. The molecular formula is C23H27N3O3S. The second-order valence-electron chi connectivity index (χ2n) is 7.22. The Morgan fingerprint density at radius 2 is 1.77 bits per heavy atom. The largest absolute Gasteiger partial charge is 0.348 e. The minimum atomic E-state index is -0.796. The molecular weight excluding hydrogens is 398 g/mol. The number of carbonyl (C=O) groups excluding carboxylic acids is 3. The predicted octanol–water partition coefficient (Wildman–Crippen LogP) is 3.08. The van der Waals surface area contributed by atoms with E-state index in [4.69, 9.17) is 0 Å². The third kappa shape index (κ3) is 6.56. The molecule has 158 valence electrons. The Labute approximate surface area is 180 Å². The maximum absolute atomic E-state index is 12.4. The van der Waals surface area contributed by atoms with Crippen LogP contribution in [0, 0.1) is 0 Å². The van der Waals surface area contributed by atoms with Crippen LogP contribution in [0.1, 0.15) is 48.6 Å². The monoisotopic (exact) mass is 425 g/mol. The molecule has 1 atom stereocenters. The lowest BCUT2D eigenvalue weighted by molar-refractivity contribution is -0.139. The maximum atomic E-state index is 12.4. The molecule has 3 N–H and O–H groups in total. The summed E-state index contributed by atoms with van der Waals surface area (Å²) in [6.07, 6.45) is 7.54. The molecule has 1 heterocycles. The number of rotatable bonds is 8. The number of amides is 3. The molecule has 0 bridgehead atoms. The van der Waals surface area contributed by atoms with Crippen molar-refractivity contribution in [3.05, 3.63) is 69.9 Å². The van der Waals surface area contributed by atoms with E-state index < -0.39 is 11.8 Å². The smallest absolute Gasteiger partial charge is 0.309 e. The lowest BCUT2D eigenvalue weighted by Crippen LogP contribution is -2.45. The fourth-order valence-corrected chi connectivity index (χ4v) is 4.22. The highest BCUT2D eigenvalue weighted by atomic mass is 32.1. The van der Waals surface area contributed by atoms with Crippen molar-refractivity contribution in [2.75, 3.05) is 13.1 Å². The van der Waals surface area contributed by atoms with E-state index in [0.29, 0.717) is 6.54 Å². The van der Waals surface area contributed by atoms with E-state index in [1.807, 2.05) is 47.8 Å². The van der Waals surface area contributed by atoms with E-state index in [-0.39, 0.29) is 18.5 Å². The van der Waals surface area contributed by atoms with E-state index in [1.165, 1.54) is 18.4 Å². The topological polar surface area (TPSA) is 87.3 Å². The summed E-state index contributed by atoms with van der Waals surface area (Å²) in [6.45, 7) is 0.171. The van der Waals surface area contributed by atoms with Crippen LogP contribution in [0.4, 0.5) is 0 Å². The Hall–Kier alpha value is -2.93. The van der Waals surface area contributed by atoms with Crippen LogP contribution >= 0.6 is 11.3 Å². The molecule has 2 aromatic rings. The van der Waals surface area contributed by atoms with Gasteiger partial charge in [-0.15, -0.1) is 11.3 Å². The second-order valence-corrected chi connectivity index (χ2v) is 8.20. The van der Waals surface area contributed by atoms with Crippen LogP contribution in [0.2, 0.25) is 0 Å². The third-order valence-electron chi connectivity index (χ3n) is 5.00. The van der Waals surface area contributed by atoms with Crippen molar-refractivity contribution in [3.63, 3.8) is 0 Å². The Morgan fingerprint density at radius 1 is 0.967 bits per heavy atom. The third-order valence-corrected chi connectivity index (χ3v) is 5.94. The second kappa shape index (κ2) is 11.3. The highest BCUT2D eigenvalue weighted by Crippen LogP contribution is 2.25. The van der Waals surface area contributed by atoms with Crippen LogP contribution in [-0.2, 0) is 14.4 Å².